The Kier molecular flexibility index (Phi) is 3.80. The molecule has 0 aliphatic heterocycles. The molecule has 0 radical (unpaired) electrons. The minimum absolute atomic E-state index is 0.465. The number of rotatable bonds is 4. The van der Waals surface area contributed by atoms with Crippen LogP contribution in [0.25, 0.3) is 0 Å². The third kappa shape index (κ3) is 2.65. The molecule has 2 aromatic rings. The van der Waals surface area contributed by atoms with E-state index in [1.807, 2.05) is 18.6 Å². The highest BCUT2D eigenvalue weighted by atomic mass is 32.1. The van der Waals surface area contributed by atoms with Gasteiger partial charge in [0.15, 0.2) is 0 Å². The monoisotopic (exact) mass is 274 g/mol. The molecule has 19 heavy (non-hydrogen) atoms. The summed E-state index contributed by atoms with van der Waals surface area (Å²) in [5.41, 5.74) is 2.76. The quantitative estimate of drug-likeness (QED) is 0.928. The van der Waals surface area contributed by atoms with Gasteiger partial charge in [-0.05, 0) is 43.5 Å². The molecule has 1 aliphatic rings. The molecule has 0 fully saturated rings. The molecule has 1 unspecified atom stereocenters. The van der Waals surface area contributed by atoms with Gasteiger partial charge >= 0.3 is 0 Å². The fourth-order valence-corrected chi connectivity index (χ4v) is 3.24. The van der Waals surface area contributed by atoms with Crippen molar-refractivity contribution >= 4 is 11.3 Å². The van der Waals surface area contributed by atoms with Crippen LogP contribution >= 0.6 is 11.3 Å². The molecule has 100 valence electrons. The molecule has 3 nitrogen and oxygen atoms in total. The number of benzene rings is 1. The van der Waals surface area contributed by atoms with Crippen LogP contribution in [0.2, 0.25) is 0 Å². The first-order chi connectivity index (χ1) is 9.38. The van der Waals surface area contributed by atoms with Crippen LogP contribution in [0.1, 0.15) is 35.0 Å². The van der Waals surface area contributed by atoms with Crippen LogP contribution < -0.4 is 10.1 Å². The maximum Gasteiger partial charge on any atom is 0.140 e. The van der Waals surface area contributed by atoms with Gasteiger partial charge in [0.25, 0.3) is 0 Å². The van der Waals surface area contributed by atoms with Crippen molar-refractivity contribution in [2.45, 2.75) is 31.9 Å². The van der Waals surface area contributed by atoms with Gasteiger partial charge in [0.2, 0.25) is 0 Å². The first kappa shape index (κ1) is 12.6. The predicted molar refractivity (Wildman–Crippen MR) is 77.6 cm³/mol. The molecule has 4 heteroatoms. The van der Waals surface area contributed by atoms with Crippen LogP contribution in [-0.4, -0.2) is 12.0 Å². The van der Waals surface area contributed by atoms with Gasteiger partial charge in [0.1, 0.15) is 17.4 Å². The van der Waals surface area contributed by atoms with Gasteiger partial charge in [-0.2, -0.15) is 0 Å². The van der Waals surface area contributed by atoms with E-state index < -0.39 is 0 Å². The summed E-state index contributed by atoms with van der Waals surface area (Å²) in [6, 6.07) is 6.84. The molecule has 1 aliphatic carbocycles. The van der Waals surface area contributed by atoms with E-state index in [0.717, 1.165) is 17.2 Å². The van der Waals surface area contributed by atoms with Crippen molar-refractivity contribution in [3.8, 4) is 5.75 Å². The lowest BCUT2D eigenvalue weighted by Gasteiger charge is -2.26. The Morgan fingerprint density at radius 3 is 3.21 bits per heavy atom. The zero-order chi connectivity index (χ0) is 13.1. The molecule has 0 bridgehead atoms. The minimum atomic E-state index is 0.465. The van der Waals surface area contributed by atoms with Crippen molar-refractivity contribution in [3.05, 3.63) is 45.9 Å². The lowest BCUT2D eigenvalue weighted by atomic mass is 9.87. The number of thiazole rings is 1. The van der Waals surface area contributed by atoms with Gasteiger partial charge in [0.05, 0.1) is 0 Å². The number of hydrogen-bond acceptors (Lipinski definition) is 4. The topological polar surface area (TPSA) is 34.1 Å². The maximum atomic E-state index is 5.96. The van der Waals surface area contributed by atoms with E-state index in [-0.39, 0.29) is 0 Å². The van der Waals surface area contributed by atoms with Crippen molar-refractivity contribution in [2.75, 3.05) is 7.05 Å². The van der Waals surface area contributed by atoms with Gasteiger partial charge in [-0.3, -0.25) is 0 Å². The maximum absolute atomic E-state index is 5.96. The van der Waals surface area contributed by atoms with Crippen LogP contribution in [0.3, 0.4) is 0 Å². The summed E-state index contributed by atoms with van der Waals surface area (Å²) in [5.74, 6) is 1.02. The molecule has 1 aromatic heterocycles. The Morgan fingerprint density at radius 1 is 1.47 bits per heavy atom. The van der Waals surface area contributed by atoms with Crippen LogP contribution in [0.4, 0.5) is 0 Å². The Bertz CT molecular complexity index is 539. The third-order valence-electron chi connectivity index (χ3n) is 3.65. The second-order valence-electron chi connectivity index (χ2n) is 4.77. The molecule has 0 saturated heterocycles. The van der Waals surface area contributed by atoms with Crippen LogP contribution in [0.5, 0.6) is 5.75 Å². The van der Waals surface area contributed by atoms with Gasteiger partial charge in [0, 0.05) is 17.6 Å². The van der Waals surface area contributed by atoms with Crippen LogP contribution in [0, 0.1) is 0 Å². The van der Waals surface area contributed by atoms with Crippen molar-refractivity contribution in [3.63, 3.8) is 0 Å². The fraction of sp³-hybridized carbons (Fsp3) is 0.400. The molecule has 1 aromatic carbocycles. The third-order valence-corrected chi connectivity index (χ3v) is 4.40. The second-order valence-corrected chi connectivity index (χ2v) is 5.75. The first-order valence-corrected chi connectivity index (χ1v) is 7.56. The van der Waals surface area contributed by atoms with Gasteiger partial charge in [-0.1, -0.05) is 12.1 Å². The number of hydrogen-bond donors (Lipinski definition) is 1. The van der Waals surface area contributed by atoms with Crippen molar-refractivity contribution < 1.29 is 4.74 Å². The highest BCUT2D eigenvalue weighted by molar-refractivity contribution is 7.09. The summed E-state index contributed by atoms with van der Waals surface area (Å²) >= 11 is 1.64. The smallest absolute Gasteiger partial charge is 0.140 e. The molecule has 0 saturated carbocycles. The van der Waals surface area contributed by atoms with Crippen molar-refractivity contribution in [1.29, 1.82) is 0 Å². The Labute approximate surface area is 117 Å². The van der Waals surface area contributed by atoms with Crippen LogP contribution in [-0.2, 0) is 13.0 Å². The summed E-state index contributed by atoms with van der Waals surface area (Å²) in [6.45, 7) is 0.568. The number of ether oxygens (including phenoxy) is 1. The van der Waals surface area contributed by atoms with E-state index in [4.69, 9.17) is 4.74 Å². The molecule has 1 atom stereocenters. The normalized spacial score (nSPS) is 18.1. The van der Waals surface area contributed by atoms with Crippen molar-refractivity contribution in [1.82, 2.24) is 10.3 Å². The van der Waals surface area contributed by atoms with E-state index in [0.29, 0.717) is 12.6 Å². The molecular formula is C15H18N2OS. The SMILES string of the molecule is CNC1CCCc2c(OCc3nccs3)cccc21. The Hall–Kier alpha value is -1.39. The number of nitrogens with one attached hydrogen (secondary N) is 1. The van der Waals surface area contributed by atoms with E-state index >= 15 is 0 Å². The predicted octanol–water partition coefficient (Wildman–Crippen LogP) is 3.32. The first-order valence-electron chi connectivity index (χ1n) is 6.68. The molecular weight excluding hydrogens is 256 g/mol. The lowest BCUT2D eigenvalue weighted by Crippen LogP contribution is -2.22. The lowest BCUT2D eigenvalue weighted by molar-refractivity contribution is 0.299. The molecule has 1 heterocycles. The minimum Gasteiger partial charge on any atom is -0.486 e. The Morgan fingerprint density at radius 2 is 2.42 bits per heavy atom. The average molecular weight is 274 g/mol. The van der Waals surface area contributed by atoms with E-state index in [1.54, 1.807) is 11.3 Å². The summed E-state index contributed by atoms with van der Waals surface area (Å²) in [6.07, 6.45) is 5.36. The van der Waals surface area contributed by atoms with Gasteiger partial charge in [-0.25, -0.2) is 4.98 Å². The Balaban J connectivity index is 1.82. The van der Waals surface area contributed by atoms with Gasteiger partial charge in [-0.15, -0.1) is 11.3 Å². The van der Waals surface area contributed by atoms with E-state index in [2.05, 4.69) is 28.5 Å². The molecule has 1 N–H and O–H groups in total. The molecule has 0 amide bonds. The fourth-order valence-electron chi connectivity index (χ4n) is 2.71. The highest BCUT2D eigenvalue weighted by Gasteiger charge is 2.21. The number of fused-ring (bicyclic) bond motifs is 1. The zero-order valence-corrected chi connectivity index (χ0v) is 11.9. The van der Waals surface area contributed by atoms with Crippen LogP contribution in [0.15, 0.2) is 29.8 Å². The number of nitrogens with zero attached hydrogens (tertiary/aromatic N) is 1. The van der Waals surface area contributed by atoms with Gasteiger partial charge < -0.3 is 10.1 Å². The average Bonchev–Trinajstić information content (AvgIpc) is 2.97. The zero-order valence-electron chi connectivity index (χ0n) is 11.1. The molecule has 3 rings (SSSR count). The standard InChI is InChI=1S/C15H18N2OS/c1-16-13-6-2-5-12-11(13)4-3-7-14(12)18-10-15-17-8-9-19-15/h3-4,7-9,13,16H,2,5-6,10H2,1H3. The van der Waals surface area contributed by atoms with Crippen molar-refractivity contribution in [2.24, 2.45) is 0 Å². The van der Waals surface area contributed by atoms with E-state index in [9.17, 15) is 0 Å². The summed E-state index contributed by atoms with van der Waals surface area (Å²) in [5, 5.41) is 6.40. The largest absolute Gasteiger partial charge is 0.486 e. The number of aromatic nitrogens is 1. The summed E-state index contributed by atoms with van der Waals surface area (Å²) in [4.78, 5) is 4.26. The summed E-state index contributed by atoms with van der Waals surface area (Å²) < 4.78 is 5.96. The summed E-state index contributed by atoms with van der Waals surface area (Å²) in [7, 11) is 2.03. The van der Waals surface area contributed by atoms with E-state index in [1.165, 1.54) is 24.0 Å². The highest BCUT2D eigenvalue weighted by Crippen LogP contribution is 2.35. The second kappa shape index (κ2) is 5.72. The molecule has 0 spiro atoms.